The molecule has 3 N–H and O–H groups in total. The summed E-state index contributed by atoms with van der Waals surface area (Å²) in [6.45, 7) is 5.53. The summed E-state index contributed by atoms with van der Waals surface area (Å²) >= 11 is 0. The molecule has 0 amide bonds. The number of hydrogen-bond acceptors (Lipinski definition) is 3. The van der Waals surface area contributed by atoms with E-state index < -0.39 is 0 Å². The van der Waals surface area contributed by atoms with Crippen molar-refractivity contribution in [3.8, 4) is 0 Å². The van der Waals surface area contributed by atoms with Gasteiger partial charge in [-0.15, -0.1) is 12.4 Å². The maximum Gasteiger partial charge on any atom is 0.221 e. The van der Waals surface area contributed by atoms with Crippen molar-refractivity contribution in [1.29, 1.82) is 5.41 Å². The lowest BCUT2D eigenvalue weighted by Gasteiger charge is -2.30. The molecule has 0 saturated carbocycles. The quantitative estimate of drug-likeness (QED) is 0.453. The molecule has 0 spiro atoms. The van der Waals surface area contributed by atoms with Crippen molar-refractivity contribution in [1.82, 2.24) is 9.80 Å². The van der Waals surface area contributed by atoms with Gasteiger partial charge in [-0.3, -0.25) is 5.41 Å². The molecule has 104 valence electrons. The molecule has 2 rings (SSSR count). The summed E-state index contributed by atoms with van der Waals surface area (Å²) < 4.78 is 10.5. The molecule has 0 atom stereocenters. The first-order valence-electron chi connectivity index (χ1n) is 5.85. The lowest BCUT2D eigenvalue weighted by atomic mass is 10.4. The standard InChI is InChI=1S/C10H19N5O2.ClH/c11-9(14-1-5-16-6-2-14)13-10(12)15-3-7-17-8-4-15;/h1-8H2,(H3,11,12,13);1H. The zero-order chi connectivity index (χ0) is 12.1. The van der Waals surface area contributed by atoms with E-state index in [9.17, 15) is 0 Å². The van der Waals surface area contributed by atoms with Crippen LogP contribution < -0.4 is 5.73 Å². The van der Waals surface area contributed by atoms with Crippen LogP contribution >= 0.6 is 12.4 Å². The molecule has 2 fully saturated rings. The fraction of sp³-hybridized carbons (Fsp3) is 0.800. The normalized spacial score (nSPS) is 21.4. The molecule has 0 aliphatic carbocycles. The van der Waals surface area contributed by atoms with Gasteiger partial charge in [-0.1, -0.05) is 0 Å². The second-order valence-electron chi connectivity index (χ2n) is 3.99. The first-order chi connectivity index (χ1) is 8.27. The summed E-state index contributed by atoms with van der Waals surface area (Å²) in [6, 6.07) is 0. The zero-order valence-corrected chi connectivity index (χ0v) is 11.1. The number of nitrogens with one attached hydrogen (secondary N) is 1. The Bertz CT molecular complexity index is 301. The highest BCUT2D eigenvalue weighted by Gasteiger charge is 2.16. The Balaban J connectivity index is 0.00000162. The Morgan fingerprint density at radius 3 is 1.89 bits per heavy atom. The first kappa shape index (κ1) is 15.0. The van der Waals surface area contributed by atoms with Crippen LogP contribution in [0.25, 0.3) is 0 Å². The van der Waals surface area contributed by atoms with E-state index in [1.54, 1.807) is 0 Å². The van der Waals surface area contributed by atoms with Crippen molar-refractivity contribution < 1.29 is 9.47 Å². The third-order valence-corrected chi connectivity index (χ3v) is 2.87. The second kappa shape index (κ2) is 7.40. The Morgan fingerprint density at radius 1 is 0.944 bits per heavy atom. The average molecular weight is 278 g/mol. The summed E-state index contributed by atoms with van der Waals surface area (Å²) in [4.78, 5) is 7.96. The zero-order valence-electron chi connectivity index (χ0n) is 10.3. The van der Waals surface area contributed by atoms with E-state index in [1.807, 2.05) is 9.80 Å². The minimum atomic E-state index is 0. The van der Waals surface area contributed by atoms with Crippen molar-refractivity contribution in [3.05, 3.63) is 0 Å². The van der Waals surface area contributed by atoms with Crippen molar-refractivity contribution >= 4 is 24.3 Å². The minimum absolute atomic E-state index is 0. The number of ether oxygens (including phenoxy) is 2. The number of morpholine rings is 2. The number of aliphatic imine (C=N–C) groups is 1. The molecule has 0 aromatic heterocycles. The van der Waals surface area contributed by atoms with Crippen LogP contribution in [0.3, 0.4) is 0 Å². The van der Waals surface area contributed by atoms with Crippen LogP contribution in [-0.4, -0.2) is 74.3 Å². The maximum atomic E-state index is 7.88. The Morgan fingerprint density at radius 2 is 1.39 bits per heavy atom. The topological polar surface area (TPSA) is 87.2 Å². The fourth-order valence-electron chi connectivity index (χ4n) is 1.82. The molecule has 0 radical (unpaired) electrons. The highest BCUT2D eigenvalue weighted by molar-refractivity contribution is 5.92. The predicted octanol–water partition coefficient (Wildman–Crippen LogP) is -0.678. The Hall–Kier alpha value is -1.05. The maximum absolute atomic E-state index is 7.88. The van der Waals surface area contributed by atoms with Crippen LogP contribution in [0.4, 0.5) is 0 Å². The van der Waals surface area contributed by atoms with E-state index in [1.165, 1.54) is 0 Å². The molecule has 7 nitrogen and oxygen atoms in total. The van der Waals surface area contributed by atoms with Crippen LogP contribution in [0.5, 0.6) is 0 Å². The molecule has 0 aromatic rings. The van der Waals surface area contributed by atoms with E-state index in [0.29, 0.717) is 45.5 Å². The van der Waals surface area contributed by atoms with Gasteiger partial charge in [-0.25, -0.2) is 0 Å². The molecule has 8 heteroatoms. The molecule has 2 heterocycles. The van der Waals surface area contributed by atoms with Crippen LogP contribution in [-0.2, 0) is 9.47 Å². The van der Waals surface area contributed by atoms with Crippen LogP contribution in [0, 0.1) is 5.41 Å². The summed E-state index contributed by atoms with van der Waals surface area (Å²) in [6.07, 6.45) is 0. The second-order valence-corrected chi connectivity index (χ2v) is 3.99. The minimum Gasteiger partial charge on any atom is -0.378 e. The van der Waals surface area contributed by atoms with E-state index in [-0.39, 0.29) is 18.4 Å². The smallest absolute Gasteiger partial charge is 0.221 e. The van der Waals surface area contributed by atoms with E-state index >= 15 is 0 Å². The molecule has 2 aliphatic rings. The van der Waals surface area contributed by atoms with E-state index in [4.69, 9.17) is 20.6 Å². The number of rotatable bonds is 0. The molecule has 2 aliphatic heterocycles. The SMILES string of the molecule is Cl.N=C(/N=C(/N)N1CCOCC1)N1CCOCC1. The van der Waals surface area contributed by atoms with Gasteiger partial charge in [0, 0.05) is 26.2 Å². The number of nitrogens with two attached hydrogens (primary N) is 1. The number of halogens is 1. The van der Waals surface area contributed by atoms with Crippen molar-refractivity contribution in [2.75, 3.05) is 52.6 Å². The van der Waals surface area contributed by atoms with Gasteiger partial charge < -0.3 is 25.0 Å². The highest BCUT2D eigenvalue weighted by atomic mass is 35.5. The number of hydrogen-bond donors (Lipinski definition) is 2. The summed E-state index contributed by atoms with van der Waals surface area (Å²) in [5.41, 5.74) is 5.88. The van der Waals surface area contributed by atoms with Gasteiger partial charge in [-0.05, 0) is 0 Å². The molecular weight excluding hydrogens is 258 g/mol. The summed E-state index contributed by atoms with van der Waals surface area (Å²) in [7, 11) is 0. The largest absolute Gasteiger partial charge is 0.378 e. The van der Waals surface area contributed by atoms with Gasteiger partial charge in [0.1, 0.15) is 0 Å². The van der Waals surface area contributed by atoms with Gasteiger partial charge >= 0.3 is 0 Å². The Labute approximate surface area is 113 Å². The van der Waals surface area contributed by atoms with Crippen molar-refractivity contribution in [3.63, 3.8) is 0 Å². The predicted molar refractivity (Wildman–Crippen MR) is 71.4 cm³/mol. The van der Waals surface area contributed by atoms with Crippen LogP contribution in [0.1, 0.15) is 0 Å². The molecule has 0 bridgehead atoms. The van der Waals surface area contributed by atoms with E-state index in [2.05, 4.69) is 4.99 Å². The van der Waals surface area contributed by atoms with Crippen LogP contribution in [0.2, 0.25) is 0 Å². The van der Waals surface area contributed by atoms with Gasteiger partial charge in [0.25, 0.3) is 0 Å². The van der Waals surface area contributed by atoms with Crippen LogP contribution in [0.15, 0.2) is 4.99 Å². The third-order valence-electron chi connectivity index (χ3n) is 2.87. The van der Waals surface area contributed by atoms with E-state index in [0.717, 1.165) is 13.1 Å². The number of nitrogens with zero attached hydrogens (tertiary/aromatic N) is 3. The van der Waals surface area contributed by atoms with Crippen molar-refractivity contribution in [2.24, 2.45) is 10.7 Å². The summed E-state index contributed by atoms with van der Waals surface area (Å²) in [5.74, 6) is 0.627. The van der Waals surface area contributed by atoms with Gasteiger partial charge in [0.2, 0.25) is 5.96 Å². The highest BCUT2D eigenvalue weighted by Crippen LogP contribution is 2.01. The molecule has 2 saturated heterocycles. The third kappa shape index (κ3) is 4.01. The number of guanidine groups is 2. The monoisotopic (exact) mass is 277 g/mol. The lowest BCUT2D eigenvalue weighted by molar-refractivity contribution is 0.0656. The molecule has 0 unspecified atom stereocenters. The fourth-order valence-corrected chi connectivity index (χ4v) is 1.82. The van der Waals surface area contributed by atoms with Gasteiger partial charge in [0.05, 0.1) is 26.4 Å². The molecular formula is C10H20ClN5O2. The molecule has 18 heavy (non-hydrogen) atoms. The lowest BCUT2D eigenvalue weighted by Crippen LogP contribution is -2.46. The molecule has 0 aromatic carbocycles. The van der Waals surface area contributed by atoms with Gasteiger partial charge in [0.15, 0.2) is 5.96 Å². The van der Waals surface area contributed by atoms with Crippen molar-refractivity contribution in [2.45, 2.75) is 0 Å². The first-order valence-corrected chi connectivity index (χ1v) is 5.85. The summed E-state index contributed by atoms with van der Waals surface area (Å²) in [5, 5.41) is 7.88. The Kier molecular flexibility index (Phi) is 6.17. The van der Waals surface area contributed by atoms with Gasteiger partial charge in [-0.2, -0.15) is 4.99 Å². The average Bonchev–Trinajstić information content (AvgIpc) is 2.40.